The summed E-state index contributed by atoms with van der Waals surface area (Å²) >= 11 is 0. The van der Waals surface area contributed by atoms with E-state index in [-0.39, 0.29) is 23.8 Å². The minimum absolute atomic E-state index is 0.120. The lowest BCUT2D eigenvalue weighted by Gasteiger charge is -2.26. The first-order chi connectivity index (χ1) is 16.2. The van der Waals surface area contributed by atoms with Gasteiger partial charge in [0, 0.05) is 19.1 Å². The lowest BCUT2D eigenvalue weighted by atomic mass is 9.87. The molecule has 2 fully saturated rings. The molecule has 1 aliphatic heterocycles. The van der Waals surface area contributed by atoms with Crippen molar-refractivity contribution in [1.82, 2.24) is 10.2 Å². The van der Waals surface area contributed by atoms with E-state index in [1.54, 1.807) is 6.07 Å². The zero-order chi connectivity index (χ0) is 24.3. The van der Waals surface area contributed by atoms with Crippen LogP contribution in [-0.2, 0) is 17.4 Å². The highest BCUT2D eigenvalue weighted by molar-refractivity contribution is 5.84. The van der Waals surface area contributed by atoms with Gasteiger partial charge >= 0.3 is 6.18 Å². The molecule has 0 aromatic heterocycles. The SMILES string of the molecule is CC(C)C(C(=O)NC1CCC2CN(CCCc3cccc(C(F)(F)F)c3)CC21)c1ccccc1. The Kier molecular flexibility index (Phi) is 7.66. The summed E-state index contributed by atoms with van der Waals surface area (Å²) < 4.78 is 38.8. The van der Waals surface area contributed by atoms with E-state index in [0.717, 1.165) is 56.1 Å². The van der Waals surface area contributed by atoms with Gasteiger partial charge in [0.15, 0.2) is 0 Å². The summed E-state index contributed by atoms with van der Waals surface area (Å²) in [7, 11) is 0. The number of benzene rings is 2. The van der Waals surface area contributed by atoms with Gasteiger partial charge in [0.25, 0.3) is 0 Å². The summed E-state index contributed by atoms with van der Waals surface area (Å²) in [4.78, 5) is 15.7. The van der Waals surface area contributed by atoms with Crippen LogP contribution >= 0.6 is 0 Å². The zero-order valence-corrected chi connectivity index (χ0v) is 20.0. The molecule has 0 radical (unpaired) electrons. The molecule has 2 aromatic carbocycles. The third kappa shape index (κ3) is 5.83. The Bertz CT molecular complexity index is 960. The molecule has 1 saturated heterocycles. The lowest BCUT2D eigenvalue weighted by molar-refractivity contribution is -0.137. The van der Waals surface area contributed by atoms with Crippen LogP contribution in [0.3, 0.4) is 0 Å². The summed E-state index contributed by atoms with van der Waals surface area (Å²) in [6.45, 7) is 7.04. The maximum atomic E-state index is 13.2. The molecule has 1 amide bonds. The Morgan fingerprint density at radius 2 is 1.82 bits per heavy atom. The molecule has 6 heteroatoms. The van der Waals surface area contributed by atoms with Gasteiger partial charge in [-0.25, -0.2) is 0 Å². The molecule has 0 bridgehead atoms. The van der Waals surface area contributed by atoms with Crippen LogP contribution in [0.4, 0.5) is 13.2 Å². The number of nitrogens with one attached hydrogen (secondary N) is 1. The first-order valence-electron chi connectivity index (χ1n) is 12.5. The molecule has 4 rings (SSSR count). The summed E-state index contributed by atoms with van der Waals surface area (Å²) in [5, 5.41) is 3.38. The smallest absolute Gasteiger partial charge is 0.352 e. The number of nitrogens with zero attached hydrogens (tertiary/aromatic N) is 1. The Hall–Kier alpha value is -2.34. The highest BCUT2D eigenvalue weighted by atomic mass is 19.4. The third-order valence-corrected chi connectivity index (χ3v) is 7.56. The number of aryl methyl sites for hydroxylation is 1. The average molecular weight is 473 g/mol. The fraction of sp³-hybridized carbons (Fsp3) is 0.536. The molecule has 2 aliphatic rings. The van der Waals surface area contributed by atoms with E-state index in [1.807, 2.05) is 30.3 Å². The monoisotopic (exact) mass is 472 g/mol. The highest BCUT2D eigenvalue weighted by Crippen LogP contribution is 2.39. The van der Waals surface area contributed by atoms with Crippen molar-refractivity contribution in [2.24, 2.45) is 17.8 Å². The maximum Gasteiger partial charge on any atom is 0.416 e. The van der Waals surface area contributed by atoms with Crippen molar-refractivity contribution in [3.63, 3.8) is 0 Å². The van der Waals surface area contributed by atoms with Crippen molar-refractivity contribution in [2.75, 3.05) is 19.6 Å². The van der Waals surface area contributed by atoms with Gasteiger partial charge in [-0.15, -0.1) is 0 Å². The van der Waals surface area contributed by atoms with Crippen LogP contribution in [0.5, 0.6) is 0 Å². The van der Waals surface area contributed by atoms with E-state index < -0.39 is 11.7 Å². The van der Waals surface area contributed by atoms with E-state index in [9.17, 15) is 18.0 Å². The second-order valence-corrected chi connectivity index (χ2v) is 10.3. The van der Waals surface area contributed by atoms with Crippen molar-refractivity contribution in [3.8, 4) is 0 Å². The lowest BCUT2D eigenvalue weighted by Crippen LogP contribution is -2.43. The molecule has 0 spiro atoms. The quantitative estimate of drug-likeness (QED) is 0.519. The van der Waals surface area contributed by atoms with Crippen LogP contribution in [0.2, 0.25) is 0 Å². The molecule has 1 heterocycles. The van der Waals surface area contributed by atoms with Gasteiger partial charge in [0.05, 0.1) is 11.5 Å². The van der Waals surface area contributed by atoms with Crippen molar-refractivity contribution in [2.45, 2.75) is 57.7 Å². The number of amides is 1. The molecule has 184 valence electrons. The number of halogens is 3. The number of carbonyl (C=O) groups excluding carboxylic acids is 1. The normalized spacial score (nSPS) is 23.8. The minimum Gasteiger partial charge on any atom is -0.352 e. The predicted molar refractivity (Wildman–Crippen MR) is 128 cm³/mol. The van der Waals surface area contributed by atoms with Crippen molar-refractivity contribution >= 4 is 5.91 Å². The zero-order valence-electron chi connectivity index (χ0n) is 20.0. The fourth-order valence-corrected chi connectivity index (χ4v) is 5.90. The van der Waals surface area contributed by atoms with Gasteiger partial charge in [0.1, 0.15) is 0 Å². The number of fused-ring (bicyclic) bond motifs is 1. The first kappa shape index (κ1) is 24.8. The molecule has 4 unspecified atom stereocenters. The van der Waals surface area contributed by atoms with Crippen molar-refractivity contribution in [3.05, 3.63) is 71.3 Å². The Morgan fingerprint density at radius 1 is 1.06 bits per heavy atom. The second-order valence-electron chi connectivity index (χ2n) is 10.3. The van der Waals surface area contributed by atoms with E-state index in [4.69, 9.17) is 0 Å². The number of hydrogen-bond acceptors (Lipinski definition) is 2. The number of carbonyl (C=O) groups is 1. The van der Waals surface area contributed by atoms with Gasteiger partial charge < -0.3 is 10.2 Å². The molecule has 1 aliphatic carbocycles. The van der Waals surface area contributed by atoms with E-state index in [0.29, 0.717) is 18.3 Å². The highest BCUT2D eigenvalue weighted by Gasteiger charge is 2.43. The molecule has 2 aromatic rings. The first-order valence-corrected chi connectivity index (χ1v) is 12.5. The summed E-state index contributed by atoms with van der Waals surface area (Å²) in [5.41, 5.74) is 1.22. The number of likely N-dealkylation sites (tertiary alicyclic amines) is 1. The van der Waals surface area contributed by atoms with Crippen LogP contribution in [0, 0.1) is 17.8 Å². The second kappa shape index (κ2) is 10.5. The van der Waals surface area contributed by atoms with Crippen LogP contribution in [0.25, 0.3) is 0 Å². The third-order valence-electron chi connectivity index (χ3n) is 7.56. The Morgan fingerprint density at radius 3 is 2.53 bits per heavy atom. The molecule has 1 N–H and O–H groups in total. The molecule has 1 saturated carbocycles. The molecule has 3 nitrogen and oxygen atoms in total. The van der Waals surface area contributed by atoms with Crippen LogP contribution in [0.15, 0.2) is 54.6 Å². The standard InChI is InChI=1S/C28H35F3N2O/c1-19(2)26(21-10-4-3-5-11-21)27(34)32-25-14-13-22-17-33(18-24(22)25)15-7-9-20-8-6-12-23(16-20)28(29,30)31/h3-6,8,10-12,16,19,22,24-26H,7,9,13-15,17-18H2,1-2H3,(H,32,34). The van der Waals surface area contributed by atoms with E-state index in [1.165, 1.54) is 12.1 Å². The minimum atomic E-state index is -4.29. The van der Waals surface area contributed by atoms with Crippen molar-refractivity contribution < 1.29 is 18.0 Å². The van der Waals surface area contributed by atoms with Crippen LogP contribution in [-0.4, -0.2) is 36.5 Å². The van der Waals surface area contributed by atoms with Crippen LogP contribution in [0.1, 0.15) is 55.7 Å². The number of alkyl halides is 3. The summed E-state index contributed by atoms with van der Waals surface area (Å²) in [6, 6.07) is 15.9. The largest absolute Gasteiger partial charge is 0.416 e. The predicted octanol–water partition coefficient (Wildman–Crippen LogP) is 5.90. The number of rotatable bonds is 8. The summed E-state index contributed by atoms with van der Waals surface area (Å²) in [5.74, 6) is 1.24. The van der Waals surface area contributed by atoms with Crippen molar-refractivity contribution in [1.29, 1.82) is 0 Å². The topological polar surface area (TPSA) is 32.3 Å². The van der Waals surface area contributed by atoms with Gasteiger partial charge in [-0.1, -0.05) is 62.4 Å². The fourth-order valence-electron chi connectivity index (χ4n) is 5.90. The average Bonchev–Trinajstić information content (AvgIpc) is 3.35. The Balaban J connectivity index is 1.29. The van der Waals surface area contributed by atoms with E-state index in [2.05, 4.69) is 24.1 Å². The van der Waals surface area contributed by atoms with Gasteiger partial charge in [-0.05, 0) is 67.2 Å². The summed E-state index contributed by atoms with van der Waals surface area (Å²) in [6.07, 6.45) is -0.669. The molecule has 34 heavy (non-hydrogen) atoms. The molecular formula is C28H35F3N2O. The molecule has 4 atom stereocenters. The Labute approximate surface area is 200 Å². The number of hydrogen-bond donors (Lipinski definition) is 1. The van der Waals surface area contributed by atoms with E-state index >= 15 is 0 Å². The molecular weight excluding hydrogens is 437 g/mol. The van der Waals surface area contributed by atoms with Gasteiger partial charge in [0.2, 0.25) is 5.91 Å². The van der Waals surface area contributed by atoms with Gasteiger partial charge in [-0.3, -0.25) is 4.79 Å². The van der Waals surface area contributed by atoms with Gasteiger partial charge in [-0.2, -0.15) is 13.2 Å². The van der Waals surface area contributed by atoms with Crippen LogP contribution < -0.4 is 5.32 Å². The maximum absolute atomic E-state index is 13.2.